The summed E-state index contributed by atoms with van der Waals surface area (Å²) < 4.78 is 0. The first kappa shape index (κ1) is 15.0. The maximum atomic E-state index is 11.4. The van der Waals surface area contributed by atoms with Crippen LogP contribution in [0.2, 0.25) is 0 Å². The summed E-state index contributed by atoms with van der Waals surface area (Å²) in [5, 5.41) is 9.41. The Labute approximate surface area is 120 Å². The Morgan fingerprint density at radius 2 is 2.20 bits per heavy atom. The highest BCUT2D eigenvalue weighted by Crippen LogP contribution is 2.32. The fourth-order valence-corrected chi connectivity index (χ4v) is 3.19. The molecule has 0 amide bonds. The van der Waals surface area contributed by atoms with Gasteiger partial charge in [0.05, 0.1) is 11.6 Å². The Morgan fingerprint density at radius 3 is 2.85 bits per heavy atom. The highest BCUT2D eigenvalue weighted by atomic mass is 16.4. The SMILES string of the molecule is Cc1cccc(CN(C)C2CC(C)CCC2C(=O)O)n1. The molecule has 1 N–H and O–H groups in total. The minimum Gasteiger partial charge on any atom is -0.481 e. The largest absolute Gasteiger partial charge is 0.481 e. The number of aliphatic carboxylic acids is 1. The third kappa shape index (κ3) is 3.57. The second kappa shape index (κ2) is 6.35. The molecule has 1 aromatic heterocycles. The smallest absolute Gasteiger partial charge is 0.308 e. The molecule has 1 fully saturated rings. The molecule has 0 aliphatic heterocycles. The number of nitrogens with zero attached hydrogens (tertiary/aromatic N) is 2. The Morgan fingerprint density at radius 1 is 1.45 bits per heavy atom. The molecule has 0 radical (unpaired) electrons. The molecule has 0 bridgehead atoms. The van der Waals surface area contributed by atoms with E-state index in [9.17, 15) is 9.90 Å². The molecule has 0 aromatic carbocycles. The molecular weight excluding hydrogens is 252 g/mol. The van der Waals surface area contributed by atoms with Crippen molar-refractivity contribution >= 4 is 5.97 Å². The van der Waals surface area contributed by atoms with Crippen molar-refractivity contribution in [3.8, 4) is 0 Å². The van der Waals surface area contributed by atoms with E-state index in [0.717, 1.165) is 30.7 Å². The number of rotatable bonds is 4. The van der Waals surface area contributed by atoms with Crippen LogP contribution in [0.25, 0.3) is 0 Å². The summed E-state index contributed by atoms with van der Waals surface area (Å²) in [4.78, 5) is 18.1. The molecule has 3 unspecified atom stereocenters. The summed E-state index contributed by atoms with van der Waals surface area (Å²) in [6.07, 6.45) is 2.76. The van der Waals surface area contributed by atoms with Crippen LogP contribution < -0.4 is 0 Å². The first-order valence-corrected chi connectivity index (χ1v) is 7.33. The number of carboxylic acid groups (broad SMARTS) is 1. The highest BCUT2D eigenvalue weighted by molar-refractivity contribution is 5.71. The van der Waals surface area contributed by atoms with Gasteiger partial charge in [-0.25, -0.2) is 0 Å². The van der Waals surface area contributed by atoms with Crippen molar-refractivity contribution < 1.29 is 9.90 Å². The third-order valence-electron chi connectivity index (χ3n) is 4.32. The molecule has 1 aromatic rings. The Kier molecular flexibility index (Phi) is 4.76. The Bertz CT molecular complexity index is 475. The Balaban J connectivity index is 2.08. The molecule has 0 spiro atoms. The second-order valence-corrected chi connectivity index (χ2v) is 6.12. The minimum atomic E-state index is -0.661. The summed E-state index contributed by atoms with van der Waals surface area (Å²) >= 11 is 0. The predicted molar refractivity (Wildman–Crippen MR) is 78.4 cm³/mol. The van der Waals surface area contributed by atoms with Crippen molar-refractivity contribution in [2.45, 2.75) is 45.7 Å². The van der Waals surface area contributed by atoms with Crippen LogP contribution in [-0.4, -0.2) is 34.0 Å². The molecule has 110 valence electrons. The van der Waals surface area contributed by atoms with E-state index < -0.39 is 5.97 Å². The minimum absolute atomic E-state index is 0.110. The summed E-state index contributed by atoms with van der Waals surface area (Å²) in [5.74, 6) is -0.310. The van der Waals surface area contributed by atoms with Crippen LogP contribution in [0.4, 0.5) is 0 Å². The van der Waals surface area contributed by atoms with Crippen LogP contribution >= 0.6 is 0 Å². The van der Waals surface area contributed by atoms with Crippen molar-refractivity contribution in [1.29, 1.82) is 0 Å². The van der Waals surface area contributed by atoms with E-state index in [1.54, 1.807) is 0 Å². The zero-order valence-corrected chi connectivity index (χ0v) is 12.5. The lowest BCUT2D eigenvalue weighted by atomic mass is 9.78. The van der Waals surface area contributed by atoms with Crippen molar-refractivity contribution in [2.24, 2.45) is 11.8 Å². The van der Waals surface area contributed by atoms with Gasteiger partial charge >= 0.3 is 5.97 Å². The van der Waals surface area contributed by atoms with E-state index in [0.29, 0.717) is 12.5 Å². The molecule has 3 atom stereocenters. The van der Waals surface area contributed by atoms with E-state index in [-0.39, 0.29) is 12.0 Å². The molecule has 0 saturated heterocycles. The number of pyridine rings is 1. The molecule has 2 rings (SSSR count). The van der Waals surface area contributed by atoms with Gasteiger partial charge in [0.25, 0.3) is 0 Å². The van der Waals surface area contributed by atoms with Crippen molar-refractivity contribution in [2.75, 3.05) is 7.05 Å². The first-order chi connectivity index (χ1) is 9.47. The summed E-state index contributed by atoms with van der Waals surface area (Å²) in [5.41, 5.74) is 2.01. The number of carbonyl (C=O) groups is 1. The number of aromatic nitrogens is 1. The maximum absolute atomic E-state index is 11.4. The third-order valence-corrected chi connectivity index (χ3v) is 4.32. The van der Waals surface area contributed by atoms with Crippen molar-refractivity contribution in [3.63, 3.8) is 0 Å². The fraction of sp³-hybridized carbons (Fsp3) is 0.625. The van der Waals surface area contributed by atoms with Crippen LogP contribution in [0, 0.1) is 18.8 Å². The highest BCUT2D eigenvalue weighted by Gasteiger charge is 2.35. The normalized spacial score (nSPS) is 26.7. The van der Waals surface area contributed by atoms with Crippen LogP contribution in [0.3, 0.4) is 0 Å². The number of hydrogen-bond donors (Lipinski definition) is 1. The maximum Gasteiger partial charge on any atom is 0.308 e. The van der Waals surface area contributed by atoms with Gasteiger partial charge in [0.1, 0.15) is 0 Å². The summed E-state index contributed by atoms with van der Waals surface area (Å²) in [7, 11) is 2.02. The molecule has 4 heteroatoms. The van der Waals surface area contributed by atoms with Crippen molar-refractivity contribution in [1.82, 2.24) is 9.88 Å². The standard InChI is InChI=1S/C16H24N2O2/c1-11-7-8-14(16(19)20)15(9-11)18(3)10-13-6-4-5-12(2)17-13/h4-6,11,14-15H,7-10H2,1-3H3,(H,19,20). The average molecular weight is 276 g/mol. The van der Waals surface area contributed by atoms with Crippen molar-refractivity contribution in [3.05, 3.63) is 29.6 Å². The summed E-state index contributed by atoms with van der Waals surface area (Å²) in [6, 6.07) is 6.10. The molecule has 1 aliphatic carbocycles. The molecule has 20 heavy (non-hydrogen) atoms. The Hall–Kier alpha value is -1.42. The van der Waals surface area contributed by atoms with Gasteiger partial charge in [0, 0.05) is 18.3 Å². The first-order valence-electron chi connectivity index (χ1n) is 7.33. The van der Waals surface area contributed by atoms with Gasteiger partial charge in [-0.05, 0) is 51.3 Å². The van der Waals surface area contributed by atoms with E-state index >= 15 is 0 Å². The van der Waals surface area contributed by atoms with Crippen LogP contribution in [-0.2, 0) is 11.3 Å². The van der Waals surface area contributed by atoms with E-state index in [4.69, 9.17) is 0 Å². The zero-order valence-electron chi connectivity index (χ0n) is 12.5. The van der Waals surface area contributed by atoms with Crippen LogP contribution in [0.15, 0.2) is 18.2 Å². The lowest BCUT2D eigenvalue weighted by molar-refractivity contribution is -0.146. The van der Waals surface area contributed by atoms with Crippen LogP contribution in [0.5, 0.6) is 0 Å². The lowest BCUT2D eigenvalue weighted by Crippen LogP contribution is -2.44. The monoisotopic (exact) mass is 276 g/mol. The van der Waals surface area contributed by atoms with Gasteiger partial charge in [-0.2, -0.15) is 0 Å². The fourth-order valence-electron chi connectivity index (χ4n) is 3.19. The predicted octanol–water partition coefficient (Wildman–Crippen LogP) is 2.71. The van der Waals surface area contributed by atoms with Gasteiger partial charge in [0.2, 0.25) is 0 Å². The van der Waals surface area contributed by atoms with Gasteiger partial charge < -0.3 is 5.11 Å². The molecule has 1 heterocycles. The quantitative estimate of drug-likeness (QED) is 0.918. The number of hydrogen-bond acceptors (Lipinski definition) is 3. The van der Waals surface area contributed by atoms with E-state index in [1.807, 2.05) is 32.2 Å². The lowest BCUT2D eigenvalue weighted by Gasteiger charge is -2.38. The van der Waals surface area contributed by atoms with E-state index in [2.05, 4.69) is 16.8 Å². The van der Waals surface area contributed by atoms with Gasteiger partial charge in [-0.3, -0.25) is 14.7 Å². The summed E-state index contributed by atoms with van der Waals surface area (Å²) in [6.45, 7) is 4.90. The molecule has 4 nitrogen and oxygen atoms in total. The van der Waals surface area contributed by atoms with Gasteiger partial charge in [0.15, 0.2) is 0 Å². The number of aryl methyl sites for hydroxylation is 1. The molecule has 1 saturated carbocycles. The number of carboxylic acids is 1. The van der Waals surface area contributed by atoms with Gasteiger partial charge in [-0.1, -0.05) is 13.0 Å². The van der Waals surface area contributed by atoms with Gasteiger partial charge in [-0.15, -0.1) is 0 Å². The second-order valence-electron chi connectivity index (χ2n) is 6.12. The zero-order chi connectivity index (χ0) is 14.7. The van der Waals surface area contributed by atoms with E-state index in [1.165, 1.54) is 0 Å². The average Bonchev–Trinajstić information content (AvgIpc) is 2.38. The van der Waals surface area contributed by atoms with Crippen LogP contribution in [0.1, 0.15) is 37.6 Å². The topological polar surface area (TPSA) is 53.4 Å². The molecule has 1 aliphatic rings. The molecular formula is C16H24N2O2.